The average molecular weight is 225 g/mol. The molecule has 0 aliphatic rings. The summed E-state index contributed by atoms with van der Waals surface area (Å²) in [5, 5.41) is 3.46. The van der Waals surface area contributed by atoms with Gasteiger partial charge in [0.2, 0.25) is 0 Å². The van der Waals surface area contributed by atoms with E-state index in [0.29, 0.717) is 6.04 Å². The summed E-state index contributed by atoms with van der Waals surface area (Å²) >= 11 is 1.76. The number of nitrogens with one attached hydrogen (secondary N) is 1. The van der Waals surface area contributed by atoms with Gasteiger partial charge in [-0.2, -0.15) is 0 Å². The molecule has 0 bridgehead atoms. The average Bonchev–Trinajstić information content (AvgIpc) is 2.26. The Balaban J connectivity index is 2.48. The minimum absolute atomic E-state index is 0.446. The molecule has 1 atom stereocenters. The highest BCUT2D eigenvalue weighted by molar-refractivity contribution is 7.98. The Bertz CT molecular complexity index is 291. The van der Waals surface area contributed by atoms with Gasteiger partial charge in [0, 0.05) is 30.3 Å². The largest absolute Gasteiger partial charge is 0.385 e. The van der Waals surface area contributed by atoms with Crippen LogP contribution in [-0.2, 0) is 4.74 Å². The second kappa shape index (κ2) is 6.75. The minimum atomic E-state index is 0.446. The van der Waals surface area contributed by atoms with Crippen LogP contribution in [0.15, 0.2) is 29.2 Å². The van der Waals surface area contributed by atoms with Crippen molar-refractivity contribution in [1.82, 2.24) is 0 Å². The molecular weight excluding hydrogens is 206 g/mol. The quantitative estimate of drug-likeness (QED) is 0.751. The molecule has 1 aromatic rings. The lowest BCUT2D eigenvalue weighted by Gasteiger charge is -2.15. The third-order valence-corrected chi connectivity index (χ3v) is 2.96. The predicted octanol–water partition coefficient (Wildman–Crippen LogP) is 3.25. The van der Waals surface area contributed by atoms with Gasteiger partial charge in [0.05, 0.1) is 0 Å². The SMILES string of the molecule is COCCC(C)Nc1cccc(SC)c1. The van der Waals surface area contributed by atoms with E-state index in [1.807, 2.05) is 0 Å². The fraction of sp³-hybridized carbons (Fsp3) is 0.500. The van der Waals surface area contributed by atoms with Gasteiger partial charge in [-0.15, -0.1) is 11.8 Å². The molecule has 0 fully saturated rings. The van der Waals surface area contributed by atoms with Crippen LogP contribution in [-0.4, -0.2) is 26.0 Å². The Hall–Kier alpha value is -0.670. The van der Waals surface area contributed by atoms with Gasteiger partial charge >= 0.3 is 0 Å². The van der Waals surface area contributed by atoms with Gasteiger partial charge in [-0.25, -0.2) is 0 Å². The lowest BCUT2D eigenvalue weighted by Crippen LogP contribution is -2.17. The number of anilines is 1. The van der Waals surface area contributed by atoms with E-state index in [1.54, 1.807) is 18.9 Å². The Morgan fingerprint density at radius 1 is 1.47 bits per heavy atom. The highest BCUT2D eigenvalue weighted by Gasteiger charge is 2.01. The van der Waals surface area contributed by atoms with Gasteiger partial charge in [-0.3, -0.25) is 0 Å². The fourth-order valence-corrected chi connectivity index (χ4v) is 1.82. The molecule has 3 heteroatoms. The summed E-state index contributed by atoms with van der Waals surface area (Å²) in [5.74, 6) is 0. The second-order valence-electron chi connectivity index (χ2n) is 3.56. The molecule has 0 aromatic heterocycles. The molecular formula is C12H19NOS. The van der Waals surface area contributed by atoms with Gasteiger partial charge in [-0.1, -0.05) is 6.07 Å². The van der Waals surface area contributed by atoms with E-state index in [4.69, 9.17) is 4.74 Å². The summed E-state index contributed by atoms with van der Waals surface area (Å²) < 4.78 is 5.05. The van der Waals surface area contributed by atoms with E-state index in [0.717, 1.165) is 13.0 Å². The molecule has 2 nitrogen and oxygen atoms in total. The van der Waals surface area contributed by atoms with Crippen molar-refractivity contribution in [1.29, 1.82) is 0 Å². The van der Waals surface area contributed by atoms with E-state index in [9.17, 15) is 0 Å². The first kappa shape index (κ1) is 12.4. The third-order valence-electron chi connectivity index (χ3n) is 2.24. The third kappa shape index (κ3) is 4.58. The topological polar surface area (TPSA) is 21.3 Å². The van der Waals surface area contributed by atoms with Gasteiger partial charge in [0.15, 0.2) is 0 Å². The van der Waals surface area contributed by atoms with Crippen LogP contribution in [0.25, 0.3) is 0 Å². The van der Waals surface area contributed by atoms with Gasteiger partial charge in [-0.05, 0) is 37.8 Å². The van der Waals surface area contributed by atoms with Crippen LogP contribution in [0.3, 0.4) is 0 Å². The summed E-state index contributed by atoms with van der Waals surface area (Å²) in [4.78, 5) is 1.29. The van der Waals surface area contributed by atoms with Crippen molar-refractivity contribution in [2.75, 3.05) is 25.3 Å². The first-order valence-corrected chi connectivity index (χ1v) is 6.38. The van der Waals surface area contributed by atoms with E-state index in [-0.39, 0.29) is 0 Å². The predicted molar refractivity (Wildman–Crippen MR) is 67.8 cm³/mol. The zero-order valence-electron chi connectivity index (χ0n) is 9.62. The monoisotopic (exact) mass is 225 g/mol. The minimum Gasteiger partial charge on any atom is -0.385 e. The molecule has 1 unspecified atom stereocenters. The summed E-state index contributed by atoms with van der Waals surface area (Å²) in [7, 11) is 1.74. The van der Waals surface area contributed by atoms with Crippen molar-refractivity contribution in [3.8, 4) is 0 Å². The van der Waals surface area contributed by atoms with Crippen LogP contribution < -0.4 is 5.32 Å². The maximum Gasteiger partial charge on any atom is 0.0481 e. The van der Waals surface area contributed by atoms with Crippen molar-refractivity contribution in [2.45, 2.75) is 24.3 Å². The van der Waals surface area contributed by atoms with Crippen molar-refractivity contribution in [3.63, 3.8) is 0 Å². The van der Waals surface area contributed by atoms with Crippen molar-refractivity contribution >= 4 is 17.4 Å². The number of hydrogen-bond acceptors (Lipinski definition) is 3. The van der Waals surface area contributed by atoms with Crippen LogP contribution in [0.1, 0.15) is 13.3 Å². The van der Waals surface area contributed by atoms with Crippen LogP contribution in [0.4, 0.5) is 5.69 Å². The maximum atomic E-state index is 5.05. The maximum absolute atomic E-state index is 5.05. The van der Waals surface area contributed by atoms with Gasteiger partial charge in [0.1, 0.15) is 0 Å². The van der Waals surface area contributed by atoms with Crippen LogP contribution in [0.2, 0.25) is 0 Å². The van der Waals surface area contributed by atoms with Crippen molar-refractivity contribution in [2.24, 2.45) is 0 Å². The molecule has 1 rings (SSSR count). The van der Waals surface area contributed by atoms with E-state index >= 15 is 0 Å². The lowest BCUT2D eigenvalue weighted by atomic mass is 10.2. The number of rotatable bonds is 6. The number of benzene rings is 1. The van der Waals surface area contributed by atoms with Crippen LogP contribution >= 0.6 is 11.8 Å². The van der Waals surface area contributed by atoms with E-state index in [1.165, 1.54) is 10.6 Å². The molecule has 0 spiro atoms. The van der Waals surface area contributed by atoms with Gasteiger partial charge in [0.25, 0.3) is 0 Å². The Labute approximate surface area is 96.4 Å². The molecule has 1 aromatic carbocycles. The number of ether oxygens (including phenoxy) is 1. The highest BCUT2D eigenvalue weighted by Crippen LogP contribution is 2.19. The number of methoxy groups -OCH3 is 1. The zero-order chi connectivity index (χ0) is 11.1. The summed E-state index contributed by atoms with van der Waals surface area (Å²) in [5.41, 5.74) is 1.19. The van der Waals surface area contributed by atoms with Crippen molar-refractivity contribution < 1.29 is 4.74 Å². The molecule has 0 saturated carbocycles. The Morgan fingerprint density at radius 2 is 2.27 bits per heavy atom. The summed E-state index contributed by atoms with van der Waals surface area (Å²) in [6, 6.07) is 8.92. The fourth-order valence-electron chi connectivity index (χ4n) is 1.36. The lowest BCUT2D eigenvalue weighted by molar-refractivity contribution is 0.191. The highest BCUT2D eigenvalue weighted by atomic mass is 32.2. The zero-order valence-corrected chi connectivity index (χ0v) is 10.4. The standard InChI is InChI=1S/C12H19NOS/c1-10(7-8-14-2)13-11-5-4-6-12(9-11)15-3/h4-6,9-10,13H,7-8H2,1-3H3. The second-order valence-corrected chi connectivity index (χ2v) is 4.44. The van der Waals surface area contributed by atoms with E-state index in [2.05, 4.69) is 42.8 Å². The number of thioether (sulfide) groups is 1. The Morgan fingerprint density at radius 3 is 2.93 bits per heavy atom. The molecule has 0 saturated heterocycles. The summed E-state index contributed by atoms with van der Waals surface area (Å²) in [6.07, 6.45) is 3.12. The van der Waals surface area contributed by atoms with Crippen LogP contribution in [0, 0.1) is 0 Å². The normalized spacial score (nSPS) is 12.5. The first-order chi connectivity index (χ1) is 7.26. The summed E-state index contributed by atoms with van der Waals surface area (Å²) in [6.45, 7) is 2.97. The number of hydrogen-bond donors (Lipinski definition) is 1. The molecule has 0 amide bonds. The molecule has 84 valence electrons. The van der Waals surface area contributed by atoms with Gasteiger partial charge < -0.3 is 10.1 Å². The molecule has 1 N–H and O–H groups in total. The molecule has 0 heterocycles. The molecule has 0 radical (unpaired) electrons. The molecule has 0 aliphatic carbocycles. The first-order valence-electron chi connectivity index (χ1n) is 5.15. The Kier molecular flexibility index (Phi) is 5.58. The van der Waals surface area contributed by atoms with E-state index < -0.39 is 0 Å². The smallest absolute Gasteiger partial charge is 0.0481 e. The van der Waals surface area contributed by atoms with Crippen molar-refractivity contribution in [3.05, 3.63) is 24.3 Å². The molecule has 0 aliphatic heterocycles. The molecule has 15 heavy (non-hydrogen) atoms. The van der Waals surface area contributed by atoms with Crippen LogP contribution in [0.5, 0.6) is 0 Å².